The van der Waals surface area contributed by atoms with Crippen molar-refractivity contribution < 1.29 is 13.2 Å². The third-order valence-electron chi connectivity index (χ3n) is 4.97. The lowest BCUT2D eigenvalue weighted by molar-refractivity contribution is -0.136. The van der Waals surface area contributed by atoms with Crippen LogP contribution < -0.4 is 0 Å². The molecule has 0 spiro atoms. The average Bonchev–Trinajstić information content (AvgIpc) is 3.19. The third-order valence-corrected chi connectivity index (χ3v) is 7.01. The molecule has 1 aliphatic carbocycles. The van der Waals surface area contributed by atoms with Crippen LogP contribution in [-0.4, -0.2) is 67.1 Å². The first kappa shape index (κ1) is 15.2. The lowest BCUT2D eigenvalue weighted by Gasteiger charge is -2.36. The molecule has 2 aliphatic heterocycles. The molecule has 3 fully saturated rings. The Morgan fingerprint density at radius 2 is 1.29 bits per heavy atom. The van der Waals surface area contributed by atoms with E-state index >= 15 is 0 Å². The Hall–Kier alpha value is -0.660. The molecular weight excluding hydrogens is 290 g/mol. The Morgan fingerprint density at radius 3 is 1.86 bits per heavy atom. The molecule has 0 atom stereocenters. The molecule has 0 aromatic heterocycles. The molecule has 21 heavy (non-hydrogen) atoms. The lowest BCUT2D eigenvalue weighted by Crippen LogP contribution is -2.54. The number of amides is 1. The van der Waals surface area contributed by atoms with E-state index < -0.39 is 10.2 Å². The maximum absolute atomic E-state index is 12.5. The van der Waals surface area contributed by atoms with Crippen molar-refractivity contribution in [3.63, 3.8) is 0 Å². The molecule has 1 saturated carbocycles. The van der Waals surface area contributed by atoms with Crippen LogP contribution in [0.25, 0.3) is 0 Å². The predicted molar refractivity (Wildman–Crippen MR) is 79.8 cm³/mol. The van der Waals surface area contributed by atoms with Gasteiger partial charge in [0.25, 0.3) is 10.2 Å². The summed E-state index contributed by atoms with van der Waals surface area (Å²) in [5.74, 6) is 0.428. The zero-order chi connectivity index (χ0) is 14.9. The number of hydrogen-bond acceptors (Lipinski definition) is 3. The van der Waals surface area contributed by atoms with Gasteiger partial charge in [0.15, 0.2) is 0 Å². The van der Waals surface area contributed by atoms with Crippen molar-refractivity contribution in [2.45, 2.75) is 38.5 Å². The molecule has 6 nitrogen and oxygen atoms in total. The van der Waals surface area contributed by atoms with Gasteiger partial charge in [-0.15, -0.1) is 0 Å². The van der Waals surface area contributed by atoms with Gasteiger partial charge in [-0.2, -0.15) is 17.0 Å². The van der Waals surface area contributed by atoms with Crippen molar-refractivity contribution in [1.29, 1.82) is 0 Å². The van der Waals surface area contributed by atoms with Crippen molar-refractivity contribution in [2.75, 3.05) is 39.3 Å². The van der Waals surface area contributed by atoms with Gasteiger partial charge in [0, 0.05) is 45.2 Å². The zero-order valence-electron chi connectivity index (χ0n) is 12.5. The lowest BCUT2D eigenvalue weighted by atomic mass is 10.1. The Morgan fingerprint density at radius 1 is 0.762 bits per heavy atom. The highest BCUT2D eigenvalue weighted by molar-refractivity contribution is 7.86. The van der Waals surface area contributed by atoms with Crippen LogP contribution in [0.1, 0.15) is 38.5 Å². The SMILES string of the molecule is O=C(C1CCCC1)N1CCN(S(=O)(=O)N2CCCC2)CC1. The van der Waals surface area contributed by atoms with Crippen molar-refractivity contribution in [1.82, 2.24) is 13.5 Å². The zero-order valence-corrected chi connectivity index (χ0v) is 13.4. The fourth-order valence-electron chi connectivity index (χ4n) is 3.65. The van der Waals surface area contributed by atoms with Gasteiger partial charge in [-0.25, -0.2) is 0 Å². The highest BCUT2D eigenvalue weighted by Gasteiger charge is 2.36. The predicted octanol–water partition coefficient (Wildman–Crippen LogP) is 0.661. The van der Waals surface area contributed by atoms with E-state index in [0.717, 1.165) is 38.5 Å². The van der Waals surface area contributed by atoms with Gasteiger partial charge in [-0.3, -0.25) is 4.79 Å². The van der Waals surface area contributed by atoms with Crippen LogP contribution in [0.15, 0.2) is 0 Å². The maximum atomic E-state index is 12.5. The molecular formula is C14H25N3O3S. The fraction of sp³-hybridized carbons (Fsp3) is 0.929. The van der Waals surface area contributed by atoms with E-state index in [1.165, 1.54) is 0 Å². The molecule has 2 saturated heterocycles. The van der Waals surface area contributed by atoms with Crippen LogP contribution in [0, 0.1) is 5.92 Å². The Kier molecular flexibility index (Phi) is 4.51. The molecule has 3 rings (SSSR count). The summed E-state index contributed by atoms with van der Waals surface area (Å²) in [6, 6.07) is 0. The molecule has 0 aromatic rings. The van der Waals surface area contributed by atoms with Crippen LogP contribution in [0.4, 0.5) is 0 Å². The van der Waals surface area contributed by atoms with Gasteiger partial charge in [-0.05, 0) is 25.7 Å². The number of carbonyl (C=O) groups is 1. The minimum atomic E-state index is -3.30. The van der Waals surface area contributed by atoms with Gasteiger partial charge in [0.05, 0.1) is 0 Å². The second kappa shape index (κ2) is 6.22. The largest absolute Gasteiger partial charge is 0.340 e. The molecule has 0 aromatic carbocycles. The monoisotopic (exact) mass is 315 g/mol. The summed E-state index contributed by atoms with van der Waals surface area (Å²) in [4.78, 5) is 14.2. The summed E-state index contributed by atoms with van der Waals surface area (Å²) in [5, 5.41) is 0. The Labute approximate surface area is 127 Å². The number of carbonyl (C=O) groups excluding carboxylic acids is 1. The minimum Gasteiger partial charge on any atom is -0.340 e. The first-order valence-corrected chi connectivity index (χ1v) is 9.53. The van der Waals surface area contributed by atoms with E-state index in [0.29, 0.717) is 39.3 Å². The summed E-state index contributed by atoms with van der Waals surface area (Å²) in [6.45, 7) is 3.26. The molecule has 2 heterocycles. The second-order valence-corrected chi connectivity index (χ2v) is 8.25. The summed E-state index contributed by atoms with van der Waals surface area (Å²) in [7, 11) is -3.30. The number of hydrogen-bond donors (Lipinski definition) is 0. The minimum absolute atomic E-state index is 0.187. The normalized spacial score (nSPS) is 26.6. The maximum Gasteiger partial charge on any atom is 0.282 e. The summed E-state index contributed by atoms with van der Waals surface area (Å²) in [5.41, 5.74) is 0. The Bertz CT molecular complexity index is 474. The standard InChI is InChI=1S/C14H25N3O3S/c18-14(13-5-1-2-6-13)15-9-11-17(12-10-15)21(19,20)16-7-3-4-8-16/h13H,1-12H2. The van der Waals surface area contributed by atoms with Crippen molar-refractivity contribution in [3.05, 3.63) is 0 Å². The quantitative estimate of drug-likeness (QED) is 0.769. The topological polar surface area (TPSA) is 60.9 Å². The number of nitrogens with zero attached hydrogens (tertiary/aromatic N) is 3. The average molecular weight is 315 g/mol. The smallest absolute Gasteiger partial charge is 0.282 e. The van der Waals surface area contributed by atoms with Crippen LogP contribution in [-0.2, 0) is 15.0 Å². The van der Waals surface area contributed by atoms with E-state index in [1.54, 1.807) is 8.61 Å². The van der Waals surface area contributed by atoms with Gasteiger partial charge in [-0.1, -0.05) is 12.8 Å². The van der Waals surface area contributed by atoms with Gasteiger partial charge in [0.1, 0.15) is 0 Å². The molecule has 0 radical (unpaired) electrons. The van der Waals surface area contributed by atoms with Crippen LogP contribution in [0.2, 0.25) is 0 Å². The van der Waals surface area contributed by atoms with E-state index in [1.807, 2.05) is 4.90 Å². The first-order valence-electron chi connectivity index (χ1n) is 8.13. The Balaban J connectivity index is 1.56. The van der Waals surface area contributed by atoms with Crippen molar-refractivity contribution in [3.8, 4) is 0 Å². The summed E-state index contributed by atoms with van der Waals surface area (Å²) >= 11 is 0. The molecule has 0 unspecified atom stereocenters. The van der Waals surface area contributed by atoms with E-state index in [9.17, 15) is 13.2 Å². The van der Waals surface area contributed by atoms with E-state index in [-0.39, 0.29) is 11.8 Å². The van der Waals surface area contributed by atoms with Crippen LogP contribution in [0.5, 0.6) is 0 Å². The van der Waals surface area contributed by atoms with Crippen LogP contribution >= 0.6 is 0 Å². The van der Waals surface area contributed by atoms with Gasteiger partial charge < -0.3 is 4.90 Å². The summed E-state index contributed by atoms with van der Waals surface area (Å²) in [6.07, 6.45) is 6.23. The molecule has 7 heteroatoms. The first-order chi connectivity index (χ1) is 10.1. The number of rotatable bonds is 3. The fourth-order valence-corrected chi connectivity index (χ4v) is 5.32. The second-order valence-electron chi connectivity index (χ2n) is 6.32. The highest BCUT2D eigenvalue weighted by Crippen LogP contribution is 2.27. The molecule has 0 bridgehead atoms. The van der Waals surface area contributed by atoms with E-state index in [4.69, 9.17) is 0 Å². The van der Waals surface area contributed by atoms with Gasteiger partial charge in [0.2, 0.25) is 5.91 Å². The molecule has 1 amide bonds. The van der Waals surface area contributed by atoms with Crippen molar-refractivity contribution >= 4 is 16.1 Å². The van der Waals surface area contributed by atoms with Gasteiger partial charge >= 0.3 is 0 Å². The van der Waals surface area contributed by atoms with Crippen molar-refractivity contribution in [2.24, 2.45) is 5.92 Å². The third kappa shape index (κ3) is 3.10. The summed E-state index contributed by atoms with van der Waals surface area (Å²) < 4.78 is 28.1. The molecule has 0 N–H and O–H groups in total. The number of piperazine rings is 1. The molecule has 120 valence electrons. The van der Waals surface area contributed by atoms with Crippen LogP contribution in [0.3, 0.4) is 0 Å². The highest BCUT2D eigenvalue weighted by atomic mass is 32.2. The van der Waals surface area contributed by atoms with E-state index in [2.05, 4.69) is 0 Å². The molecule has 3 aliphatic rings.